The second kappa shape index (κ2) is 9.23. The van der Waals surface area contributed by atoms with Gasteiger partial charge < -0.3 is 5.11 Å². The van der Waals surface area contributed by atoms with Gasteiger partial charge in [0, 0.05) is 40.8 Å². The molecule has 5 aliphatic rings. The first kappa shape index (κ1) is 26.6. The van der Waals surface area contributed by atoms with Gasteiger partial charge in [-0.3, -0.25) is 14.4 Å². The number of carbonyl (C=O) groups is 2. The number of halogens is 3. The minimum Gasteiger partial charge on any atom is -0.393 e. The van der Waals surface area contributed by atoms with Crippen LogP contribution in [0.25, 0.3) is 0 Å². The molecule has 6 unspecified atom stereocenters. The number of rotatable bonds is 4. The molecule has 0 radical (unpaired) electrons. The molecule has 3 saturated carbocycles. The van der Waals surface area contributed by atoms with Gasteiger partial charge in [-0.2, -0.15) is 5.06 Å². The highest BCUT2D eigenvalue weighted by molar-refractivity contribution is 8.13. The van der Waals surface area contributed by atoms with Crippen molar-refractivity contribution in [1.82, 2.24) is 5.06 Å². The van der Waals surface area contributed by atoms with E-state index in [2.05, 4.69) is 0 Å². The Hall–Kier alpha value is -1.58. The van der Waals surface area contributed by atoms with Crippen LogP contribution in [0.3, 0.4) is 0 Å². The predicted octanol–water partition coefficient (Wildman–Crippen LogP) is 5.47. The van der Waals surface area contributed by atoms with E-state index in [9.17, 15) is 19.1 Å². The highest BCUT2D eigenvalue weighted by atomic mass is 35.5. The molecule has 6 rings (SSSR count). The smallest absolute Gasteiger partial charge is 0.226 e. The number of nitrogens with zero attached hydrogens (tertiary/aromatic N) is 1. The lowest BCUT2D eigenvalue weighted by Gasteiger charge is -2.60. The average molecular weight is 564 g/mol. The molecule has 9 atom stereocenters. The Kier molecular flexibility index (Phi) is 6.47. The van der Waals surface area contributed by atoms with E-state index in [4.69, 9.17) is 16.4 Å². The molecule has 204 valence electrons. The van der Waals surface area contributed by atoms with Gasteiger partial charge in [0.25, 0.3) is 0 Å². The lowest BCUT2D eigenvalue weighted by molar-refractivity contribution is -0.250. The molecular formula is C29H32ClF2NO4S. The molecule has 1 aromatic carbocycles. The van der Waals surface area contributed by atoms with Crippen molar-refractivity contribution in [2.24, 2.45) is 34.5 Å². The van der Waals surface area contributed by atoms with E-state index < -0.39 is 34.7 Å². The zero-order valence-corrected chi connectivity index (χ0v) is 23.0. The number of fused-ring (bicyclic) bond motifs is 7. The van der Waals surface area contributed by atoms with Crippen molar-refractivity contribution in [1.29, 1.82) is 0 Å². The number of hydrogen-bond donors (Lipinski definition) is 1. The van der Waals surface area contributed by atoms with Gasteiger partial charge in [0.2, 0.25) is 5.12 Å². The number of carbonyl (C=O) groups excluding carboxylic acids is 2. The molecule has 4 aliphatic carbocycles. The molecule has 0 amide bonds. The molecule has 4 fully saturated rings. The van der Waals surface area contributed by atoms with Gasteiger partial charge in [-0.15, -0.1) is 0 Å². The number of allylic oxidation sites excluding steroid dienone is 4. The Labute approximate surface area is 230 Å². The number of hydrogen-bond acceptors (Lipinski definition) is 6. The number of aliphatic hydroxyl groups is 1. The Balaban J connectivity index is 1.37. The Morgan fingerprint density at radius 3 is 2.71 bits per heavy atom. The fourth-order valence-corrected chi connectivity index (χ4v) is 9.71. The predicted molar refractivity (Wildman–Crippen MR) is 141 cm³/mol. The minimum atomic E-state index is -1.31. The summed E-state index contributed by atoms with van der Waals surface area (Å²) in [4.78, 5) is 32.4. The van der Waals surface area contributed by atoms with Crippen LogP contribution in [0.2, 0.25) is 5.02 Å². The number of aliphatic hydroxyl groups excluding tert-OH is 1. The van der Waals surface area contributed by atoms with E-state index in [1.165, 1.54) is 12.2 Å². The third-order valence-corrected chi connectivity index (χ3v) is 11.2. The van der Waals surface area contributed by atoms with E-state index >= 15 is 4.39 Å². The molecule has 1 aromatic rings. The fraction of sp³-hybridized carbons (Fsp3) is 0.586. The van der Waals surface area contributed by atoms with Gasteiger partial charge in [-0.25, -0.2) is 8.78 Å². The average Bonchev–Trinajstić information content (AvgIpc) is 3.34. The summed E-state index contributed by atoms with van der Waals surface area (Å²) >= 11 is 6.66. The van der Waals surface area contributed by atoms with Crippen LogP contribution in [0, 0.1) is 34.5 Å². The van der Waals surface area contributed by atoms with E-state index in [-0.39, 0.29) is 47.4 Å². The molecule has 0 spiro atoms. The van der Waals surface area contributed by atoms with Crippen LogP contribution < -0.4 is 0 Å². The number of thioether (sulfide) groups is 1. The van der Waals surface area contributed by atoms with Crippen LogP contribution in [-0.4, -0.2) is 51.5 Å². The highest BCUT2D eigenvalue weighted by Gasteiger charge is 2.75. The fourth-order valence-electron chi connectivity index (χ4n) is 8.84. The summed E-state index contributed by atoms with van der Waals surface area (Å²) in [6.45, 7) is 4.81. The Morgan fingerprint density at radius 1 is 1.26 bits per heavy atom. The number of hydroxylamine groups is 2. The molecule has 0 aromatic heterocycles. The van der Waals surface area contributed by atoms with Gasteiger partial charge in [0.05, 0.1) is 6.10 Å². The van der Waals surface area contributed by atoms with Crippen LogP contribution in [0.1, 0.15) is 38.7 Å². The van der Waals surface area contributed by atoms with Crippen LogP contribution in [-0.2, 0) is 21.0 Å². The van der Waals surface area contributed by atoms with Crippen LogP contribution >= 0.6 is 23.4 Å². The zero-order valence-electron chi connectivity index (χ0n) is 21.4. The summed E-state index contributed by atoms with van der Waals surface area (Å²) < 4.78 is 29.3. The summed E-state index contributed by atoms with van der Waals surface area (Å²) in [6, 6.07) is 6.55. The van der Waals surface area contributed by atoms with Crippen LogP contribution in [0.5, 0.6) is 0 Å². The van der Waals surface area contributed by atoms with Gasteiger partial charge in [0.1, 0.15) is 12.2 Å². The second-order valence-corrected chi connectivity index (χ2v) is 13.4. The van der Waals surface area contributed by atoms with Crippen molar-refractivity contribution < 1.29 is 28.3 Å². The van der Waals surface area contributed by atoms with Gasteiger partial charge in [-0.1, -0.05) is 55.4 Å². The largest absolute Gasteiger partial charge is 0.393 e. The van der Waals surface area contributed by atoms with Crippen molar-refractivity contribution in [2.75, 3.05) is 12.6 Å². The Morgan fingerprint density at radius 2 is 2.00 bits per heavy atom. The maximum atomic E-state index is 15.7. The normalized spacial score (nSPS) is 43.7. The third kappa shape index (κ3) is 3.66. The third-order valence-electron chi connectivity index (χ3n) is 10.3. The number of ketones is 1. The van der Waals surface area contributed by atoms with Gasteiger partial charge in [0.15, 0.2) is 11.4 Å². The zero-order chi connectivity index (χ0) is 27.0. The molecule has 1 N–H and O–H groups in total. The summed E-state index contributed by atoms with van der Waals surface area (Å²) in [5, 5.41) is 13.8. The van der Waals surface area contributed by atoms with E-state index in [0.717, 1.165) is 5.56 Å². The molecule has 1 heterocycles. The molecule has 5 nitrogen and oxygen atoms in total. The first-order valence-electron chi connectivity index (χ1n) is 13.2. The highest BCUT2D eigenvalue weighted by Crippen LogP contribution is 2.71. The Bertz CT molecular complexity index is 1230. The topological polar surface area (TPSA) is 66.8 Å². The van der Waals surface area contributed by atoms with Crippen molar-refractivity contribution >= 4 is 34.3 Å². The van der Waals surface area contributed by atoms with E-state index in [0.29, 0.717) is 41.9 Å². The summed E-state index contributed by atoms with van der Waals surface area (Å²) in [5.41, 5.74) is -1.48. The molecule has 38 heavy (non-hydrogen) atoms. The maximum absolute atomic E-state index is 15.7. The van der Waals surface area contributed by atoms with Gasteiger partial charge >= 0.3 is 0 Å². The lowest BCUT2D eigenvalue weighted by Crippen LogP contribution is -2.63. The monoisotopic (exact) mass is 563 g/mol. The molecule has 1 aliphatic heterocycles. The number of benzene rings is 1. The quantitative estimate of drug-likeness (QED) is 0.524. The van der Waals surface area contributed by atoms with E-state index in [1.54, 1.807) is 23.3 Å². The molecular weight excluding hydrogens is 532 g/mol. The standard InChI is InChI=1S/C29H32ClF2NO4S/c1-27-8-7-19(34)10-22(27)23(32)11-20-21-9-17-14-33(13-16-3-5-18(30)6-4-16)37-29(17,26(36)38-15-31)28(21,2)12-24(35)25(20)27/h3-8,10,17,20-21,23-25,35H,9,11-15H2,1-2H3/t17-,20?,21?,23-,24?,25?,27?,28?,29-/m0/s1. The first-order chi connectivity index (χ1) is 18.0. The van der Waals surface area contributed by atoms with Crippen molar-refractivity contribution in [3.8, 4) is 0 Å². The molecule has 0 bridgehead atoms. The molecule has 9 heteroatoms. The number of alkyl halides is 2. The van der Waals surface area contributed by atoms with Crippen LogP contribution in [0.4, 0.5) is 8.78 Å². The lowest BCUT2D eigenvalue weighted by atomic mass is 9.46. The van der Waals surface area contributed by atoms with Crippen molar-refractivity contribution in [3.63, 3.8) is 0 Å². The SMILES string of the molecule is CC12C=CC(=O)C=C1[C@@H](F)CC1C2C(O)CC2(C)C1C[C@H]1CN(Cc3ccc(Cl)cc3)O[C@]12C(=O)SCF. The second-order valence-electron chi connectivity index (χ2n) is 12.1. The maximum Gasteiger partial charge on any atom is 0.226 e. The minimum absolute atomic E-state index is 0.0922. The first-order valence-corrected chi connectivity index (χ1v) is 14.6. The summed E-state index contributed by atoms with van der Waals surface area (Å²) in [5.74, 6) is -1.03. The summed E-state index contributed by atoms with van der Waals surface area (Å²) in [6.07, 6.45) is 3.59. The van der Waals surface area contributed by atoms with Crippen molar-refractivity contribution in [2.45, 2.75) is 57.5 Å². The summed E-state index contributed by atoms with van der Waals surface area (Å²) in [7, 11) is 0. The van der Waals surface area contributed by atoms with Crippen LogP contribution in [0.15, 0.2) is 48.1 Å². The van der Waals surface area contributed by atoms with E-state index in [1.807, 2.05) is 26.0 Å². The van der Waals surface area contributed by atoms with Gasteiger partial charge in [-0.05, 0) is 66.5 Å². The molecule has 1 saturated heterocycles. The van der Waals surface area contributed by atoms with Crippen molar-refractivity contribution in [3.05, 3.63) is 58.7 Å².